The zero-order chi connectivity index (χ0) is 34.0. The van der Waals surface area contributed by atoms with Gasteiger partial charge in [0.25, 0.3) is 5.91 Å². The SMILES string of the molecule is CCOc1cncc(-c2ccc(NC(=O)C(NC(=O)CCOCCNC(=O)OC(C)(C)C)c3csc(NS(=O)(=O)C4CC4)n3)cc2)n1. The van der Waals surface area contributed by atoms with E-state index in [4.69, 9.17) is 14.2 Å². The van der Waals surface area contributed by atoms with Crippen LogP contribution in [0.1, 0.15) is 58.7 Å². The summed E-state index contributed by atoms with van der Waals surface area (Å²) in [7, 11) is -3.57. The van der Waals surface area contributed by atoms with Crippen LogP contribution in [0, 0.1) is 0 Å². The van der Waals surface area contributed by atoms with Crippen molar-refractivity contribution >= 4 is 50.1 Å². The maximum Gasteiger partial charge on any atom is 0.407 e. The third kappa shape index (κ3) is 11.4. The number of alkyl carbamates (subject to hydrolysis) is 1. The van der Waals surface area contributed by atoms with Crippen molar-refractivity contribution in [2.75, 3.05) is 36.4 Å². The lowest BCUT2D eigenvalue weighted by atomic mass is 10.1. The topological polar surface area (TPSA) is 200 Å². The lowest BCUT2D eigenvalue weighted by Gasteiger charge is -2.19. The van der Waals surface area contributed by atoms with Crippen molar-refractivity contribution in [2.24, 2.45) is 0 Å². The van der Waals surface area contributed by atoms with E-state index < -0.39 is 44.8 Å². The Hall–Kier alpha value is -4.35. The number of carbonyl (C=O) groups excluding carboxylic acids is 3. The van der Waals surface area contributed by atoms with Gasteiger partial charge in [0.05, 0.1) is 48.9 Å². The summed E-state index contributed by atoms with van der Waals surface area (Å²) in [5, 5.41) is 9.17. The predicted octanol–water partition coefficient (Wildman–Crippen LogP) is 3.63. The van der Waals surface area contributed by atoms with Crippen molar-refractivity contribution in [3.8, 4) is 17.1 Å². The van der Waals surface area contributed by atoms with Crippen molar-refractivity contribution in [1.82, 2.24) is 25.6 Å². The molecule has 1 saturated carbocycles. The number of benzene rings is 1. The van der Waals surface area contributed by atoms with Crippen molar-refractivity contribution in [1.29, 1.82) is 0 Å². The first-order valence-electron chi connectivity index (χ1n) is 15.0. The maximum absolute atomic E-state index is 13.5. The Balaban J connectivity index is 1.38. The first-order valence-corrected chi connectivity index (χ1v) is 17.4. The van der Waals surface area contributed by atoms with E-state index in [-0.39, 0.29) is 37.0 Å². The minimum Gasteiger partial charge on any atom is -0.477 e. The highest BCUT2D eigenvalue weighted by Gasteiger charge is 2.36. The number of amides is 3. The first-order chi connectivity index (χ1) is 22.3. The summed E-state index contributed by atoms with van der Waals surface area (Å²) in [6.07, 6.45) is 3.62. The lowest BCUT2D eigenvalue weighted by Crippen LogP contribution is -2.37. The second-order valence-electron chi connectivity index (χ2n) is 11.5. The van der Waals surface area contributed by atoms with Gasteiger partial charge >= 0.3 is 6.09 Å². The van der Waals surface area contributed by atoms with Gasteiger partial charge in [-0.25, -0.2) is 23.2 Å². The van der Waals surface area contributed by atoms with Gasteiger partial charge in [-0.05, 0) is 52.7 Å². The predicted molar refractivity (Wildman–Crippen MR) is 176 cm³/mol. The van der Waals surface area contributed by atoms with E-state index in [2.05, 4.69) is 35.6 Å². The third-order valence-corrected chi connectivity index (χ3v) is 9.05. The van der Waals surface area contributed by atoms with Gasteiger partial charge in [-0.15, -0.1) is 11.3 Å². The van der Waals surface area contributed by atoms with E-state index in [0.29, 0.717) is 36.7 Å². The molecule has 1 unspecified atom stereocenters. The number of nitrogens with one attached hydrogen (secondary N) is 4. The van der Waals surface area contributed by atoms with Crippen molar-refractivity contribution in [3.63, 3.8) is 0 Å². The molecule has 0 saturated heterocycles. The second-order valence-corrected chi connectivity index (χ2v) is 14.3. The number of ether oxygens (including phenoxy) is 3. The average molecular weight is 690 g/mol. The van der Waals surface area contributed by atoms with E-state index in [9.17, 15) is 22.8 Å². The molecule has 1 aromatic carbocycles. The van der Waals surface area contributed by atoms with Gasteiger partial charge in [-0.3, -0.25) is 19.3 Å². The van der Waals surface area contributed by atoms with Crippen LogP contribution in [0.5, 0.6) is 5.88 Å². The zero-order valence-electron chi connectivity index (χ0n) is 26.6. The van der Waals surface area contributed by atoms with Crippen molar-refractivity contribution < 1.29 is 37.0 Å². The molecule has 3 aromatic rings. The Bertz CT molecular complexity index is 1640. The summed E-state index contributed by atoms with van der Waals surface area (Å²) in [5.41, 5.74) is 1.32. The number of anilines is 2. The van der Waals surface area contributed by atoms with Gasteiger partial charge in [0.15, 0.2) is 11.2 Å². The third-order valence-electron chi connectivity index (χ3n) is 6.32. The molecule has 1 aliphatic carbocycles. The molecule has 1 aliphatic rings. The summed E-state index contributed by atoms with van der Waals surface area (Å²) < 4.78 is 43.3. The molecule has 1 fully saturated rings. The molecular weight excluding hydrogens is 651 g/mol. The van der Waals surface area contributed by atoms with Gasteiger partial charge in [0.2, 0.25) is 21.8 Å². The lowest BCUT2D eigenvalue weighted by molar-refractivity contribution is -0.127. The first kappa shape index (κ1) is 35.5. The molecule has 15 nitrogen and oxygen atoms in total. The second kappa shape index (κ2) is 16.0. The van der Waals surface area contributed by atoms with Gasteiger partial charge in [-0.2, -0.15) is 0 Å². The summed E-state index contributed by atoms with van der Waals surface area (Å²) in [4.78, 5) is 51.0. The standard InChI is InChI=1S/C30H39N7O8S2/c1-5-44-25-17-31-16-22(34-25)19-6-8-20(9-7-19)33-27(39)26(23-18-46-28(35-23)37-47(41,42)21-10-11-21)36-24(38)12-14-43-15-13-32-29(40)45-30(2,3)4/h6-9,16-18,21,26H,5,10-15H2,1-4H3,(H,32,40)(H,33,39)(H,35,37)(H,36,38). The zero-order valence-corrected chi connectivity index (χ0v) is 28.2. The summed E-state index contributed by atoms with van der Waals surface area (Å²) in [6, 6.07) is 5.63. The molecule has 0 radical (unpaired) electrons. The van der Waals surface area contributed by atoms with Crippen molar-refractivity contribution in [3.05, 3.63) is 47.7 Å². The highest BCUT2D eigenvalue weighted by atomic mass is 32.2. The summed E-state index contributed by atoms with van der Waals surface area (Å²) >= 11 is 1.01. The summed E-state index contributed by atoms with van der Waals surface area (Å²) in [6.45, 7) is 7.91. The van der Waals surface area contributed by atoms with Crippen LogP contribution in [0.25, 0.3) is 11.3 Å². The Morgan fingerprint density at radius 2 is 1.81 bits per heavy atom. The van der Waals surface area contributed by atoms with Crippen LogP contribution >= 0.6 is 11.3 Å². The molecule has 4 rings (SSSR count). The Morgan fingerprint density at radius 1 is 1.06 bits per heavy atom. The fourth-order valence-corrected chi connectivity index (χ4v) is 6.34. The van der Waals surface area contributed by atoms with Crippen LogP contribution in [0.4, 0.5) is 15.6 Å². The number of sulfonamides is 1. The van der Waals surface area contributed by atoms with Gasteiger partial charge in [0.1, 0.15) is 5.60 Å². The molecule has 4 N–H and O–H groups in total. The highest BCUT2D eigenvalue weighted by molar-refractivity contribution is 7.93. The molecule has 2 aromatic heterocycles. The Labute approximate surface area is 277 Å². The van der Waals surface area contributed by atoms with Crippen LogP contribution in [-0.4, -0.2) is 78.5 Å². The summed E-state index contributed by atoms with van der Waals surface area (Å²) in [5.74, 6) is -0.694. The van der Waals surface area contributed by atoms with Crippen LogP contribution < -0.4 is 25.4 Å². The van der Waals surface area contributed by atoms with Crippen molar-refractivity contribution in [2.45, 2.75) is 63.9 Å². The number of rotatable bonds is 16. The number of hydrogen-bond acceptors (Lipinski definition) is 12. The minimum atomic E-state index is -3.57. The molecule has 17 heteroatoms. The van der Waals surface area contributed by atoms with E-state index in [0.717, 1.165) is 16.9 Å². The number of nitrogens with zero attached hydrogens (tertiary/aromatic N) is 3. The Kier molecular flexibility index (Phi) is 12.1. The van der Waals surface area contributed by atoms with Crippen LogP contribution in [0.2, 0.25) is 0 Å². The van der Waals surface area contributed by atoms with E-state index in [1.165, 1.54) is 11.6 Å². The Morgan fingerprint density at radius 3 is 2.49 bits per heavy atom. The maximum atomic E-state index is 13.5. The molecule has 0 spiro atoms. The van der Waals surface area contributed by atoms with Gasteiger partial charge in [0, 0.05) is 29.6 Å². The number of aromatic nitrogens is 3. The number of thiazole rings is 1. The molecule has 254 valence electrons. The monoisotopic (exact) mass is 689 g/mol. The number of carbonyl (C=O) groups is 3. The average Bonchev–Trinajstić information content (AvgIpc) is 3.78. The van der Waals surface area contributed by atoms with E-state index >= 15 is 0 Å². The molecule has 0 bridgehead atoms. The van der Waals surface area contributed by atoms with Gasteiger partial charge in [-0.1, -0.05) is 12.1 Å². The number of hydrogen-bond donors (Lipinski definition) is 4. The molecule has 1 atom stereocenters. The molecule has 2 heterocycles. The van der Waals surface area contributed by atoms with Crippen LogP contribution in [-0.2, 0) is 29.1 Å². The normalized spacial score (nSPS) is 13.7. The van der Waals surface area contributed by atoms with Gasteiger partial charge < -0.3 is 30.2 Å². The molecule has 47 heavy (non-hydrogen) atoms. The molecule has 3 amide bonds. The largest absolute Gasteiger partial charge is 0.477 e. The molecular formula is C30H39N7O8S2. The van der Waals surface area contributed by atoms with Crippen LogP contribution in [0.3, 0.4) is 0 Å². The van der Waals surface area contributed by atoms with E-state index in [1.54, 1.807) is 51.2 Å². The quantitative estimate of drug-likeness (QED) is 0.160. The highest BCUT2D eigenvalue weighted by Crippen LogP contribution is 2.31. The smallest absolute Gasteiger partial charge is 0.407 e. The fourth-order valence-electron chi connectivity index (χ4n) is 4.01. The molecule has 0 aliphatic heterocycles. The fraction of sp³-hybridized carbons (Fsp3) is 0.467. The van der Waals surface area contributed by atoms with Crippen LogP contribution in [0.15, 0.2) is 42.0 Å². The van der Waals surface area contributed by atoms with E-state index in [1.807, 2.05) is 6.92 Å². The minimum absolute atomic E-state index is 0.0223.